The van der Waals surface area contributed by atoms with Gasteiger partial charge in [-0.2, -0.15) is 0 Å². The van der Waals surface area contributed by atoms with Crippen molar-refractivity contribution in [1.82, 2.24) is 15.6 Å². The second-order valence-electron chi connectivity index (χ2n) is 5.62. The zero-order valence-corrected chi connectivity index (χ0v) is 13.2. The molecule has 2 atom stereocenters. The van der Waals surface area contributed by atoms with Gasteiger partial charge in [0.05, 0.1) is 18.2 Å². The van der Waals surface area contributed by atoms with Crippen molar-refractivity contribution in [2.75, 3.05) is 19.6 Å². The molecule has 23 heavy (non-hydrogen) atoms. The van der Waals surface area contributed by atoms with E-state index in [-0.39, 0.29) is 18.2 Å². The molecule has 0 spiro atoms. The van der Waals surface area contributed by atoms with E-state index < -0.39 is 6.10 Å². The number of oxazole rings is 1. The van der Waals surface area contributed by atoms with Crippen molar-refractivity contribution < 1.29 is 14.3 Å². The van der Waals surface area contributed by atoms with Crippen LogP contribution in [0.3, 0.4) is 0 Å². The maximum absolute atomic E-state index is 12.0. The van der Waals surface area contributed by atoms with E-state index in [0.717, 1.165) is 5.56 Å². The lowest BCUT2D eigenvalue weighted by Gasteiger charge is -2.13. The number of hydrogen-bond donors (Lipinski definition) is 3. The monoisotopic (exact) mass is 335 g/mol. The zero-order chi connectivity index (χ0) is 16.2. The van der Waals surface area contributed by atoms with Gasteiger partial charge in [0.2, 0.25) is 11.8 Å². The van der Waals surface area contributed by atoms with Crippen LogP contribution in [0.2, 0.25) is 5.02 Å². The van der Waals surface area contributed by atoms with Crippen LogP contribution in [0.4, 0.5) is 0 Å². The van der Waals surface area contributed by atoms with Crippen molar-refractivity contribution in [3.05, 3.63) is 41.2 Å². The highest BCUT2D eigenvalue weighted by molar-refractivity contribution is 6.30. The van der Waals surface area contributed by atoms with Gasteiger partial charge in [0.15, 0.2) is 0 Å². The minimum Gasteiger partial charge on any atom is -0.444 e. The molecule has 0 bridgehead atoms. The van der Waals surface area contributed by atoms with Crippen molar-refractivity contribution in [1.29, 1.82) is 0 Å². The first-order chi connectivity index (χ1) is 11.1. The predicted octanol–water partition coefficient (Wildman–Crippen LogP) is 1.23. The van der Waals surface area contributed by atoms with E-state index in [1.807, 2.05) is 12.1 Å². The SMILES string of the molecule is O=C(Cc1coc(-c2ccc(Cl)cc2)n1)NCC1CNCC1O. The smallest absolute Gasteiger partial charge is 0.226 e. The average molecular weight is 336 g/mol. The Labute approximate surface area is 138 Å². The fourth-order valence-electron chi connectivity index (χ4n) is 2.51. The Hall–Kier alpha value is -1.89. The molecular weight excluding hydrogens is 318 g/mol. The number of nitrogens with one attached hydrogen (secondary N) is 2. The fraction of sp³-hybridized carbons (Fsp3) is 0.375. The number of carbonyl (C=O) groups is 1. The molecule has 2 unspecified atom stereocenters. The highest BCUT2D eigenvalue weighted by Gasteiger charge is 2.25. The molecule has 1 fully saturated rings. The number of aromatic nitrogens is 1. The summed E-state index contributed by atoms with van der Waals surface area (Å²) in [6.45, 7) is 1.75. The predicted molar refractivity (Wildman–Crippen MR) is 86.0 cm³/mol. The molecule has 1 aromatic carbocycles. The molecule has 3 N–H and O–H groups in total. The third-order valence-corrected chi connectivity index (χ3v) is 4.10. The standard InChI is InChI=1S/C16H18ClN3O3/c17-12-3-1-10(2-4-12)16-20-13(9-23-16)5-15(22)19-7-11-6-18-8-14(11)21/h1-4,9,11,14,18,21H,5-8H2,(H,19,22). The van der Waals surface area contributed by atoms with E-state index >= 15 is 0 Å². The van der Waals surface area contributed by atoms with Gasteiger partial charge < -0.3 is 20.2 Å². The number of aliphatic hydroxyl groups excluding tert-OH is 1. The molecule has 2 heterocycles. The van der Waals surface area contributed by atoms with Gasteiger partial charge in [-0.15, -0.1) is 0 Å². The summed E-state index contributed by atoms with van der Waals surface area (Å²) in [6.07, 6.45) is 1.22. The molecule has 6 nitrogen and oxygen atoms in total. The van der Waals surface area contributed by atoms with Gasteiger partial charge in [-0.05, 0) is 24.3 Å². The summed E-state index contributed by atoms with van der Waals surface area (Å²) in [6, 6.07) is 7.14. The van der Waals surface area contributed by atoms with Gasteiger partial charge >= 0.3 is 0 Å². The summed E-state index contributed by atoms with van der Waals surface area (Å²) in [4.78, 5) is 16.3. The van der Waals surface area contributed by atoms with Crippen LogP contribution in [-0.4, -0.2) is 41.7 Å². The molecule has 1 aliphatic rings. The number of benzene rings is 1. The lowest BCUT2D eigenvalue weighted by Crippen LogP contribution is -2.35. The van der Waals surface area contributed by atoms with E-state index in [9.17, 15) is 9.90 Å². The van der Waals surface area contributed by atoms with Crippen LogP contribution in [0.1, 0.15) is 5.69 Å². The van der Waals surface area contributed by atoms with Crippen molar-refractivity contribution in [3.8, 4) is 11.5 Å². The van der Waals surface area contributed by atoms with Crippen molar-refractivity contribution in [2.24, 2.45) is 5.92 Å². The van der Waals surface area contributed by atoms with Crippen LogP contribution in [0.25, 0.3) is 11.5 Å². The summed E-state index contributed by atoms with van der Waals surface area (Å²) >= 11 is 5.85. The van der Waals surface area contributed by atoms with Gasteiger partial charge in [0.1, 0.15) is 6.26 Å². The highest BCUT2D eigenvalue weighted by Crippen LogP contribution is 2.21. The first kappa shape index (κ1) is 16.0. The Morgan fingerprint density at radius 3 is 2.87 bits per heavy atom. The lowest BCUT2D eigenvalue weighted by molar-refractivity contribution is -0.120. The van der Waals surface area contributed by atoms with Gasteiger partial charge in [0, 0.05) is 36.1 Å². The minimum absolute atomic E-state index is 0.0564. The third-order valence-electron chi connectivity index (χ3n) is 3.85. The van der Waals surface area contributed by atoms with Crippen LogP contribution in [0.15, 0.2) is 34.9 Å². The second-order valence-corrected chi connectivity index (χ2v) is 6.05. The molecule has 7 heteroatoms. The number of hydrogen-bond acceptors (Lipinski definition) is 5. The molecule has 0 saturated carbocycles. The maximum atomic E-state index is 12.0. The number of halogens is 1. The summed E-state index contributed by atoms with van der Waals surface area (Å²) in [5.74, 6) is 0.376. The van der Waals surface area contributed by atoms with E-state index in [1.54, 1.807) is 12.1 Å². The van der Waals surface area contributed by atoms with E-state index in [0.29, 0.717) is 36.2 Å². The first-order valence-corrected chi connectivity index (χ1v) is 7.85. The first-order valence-electron chi connectivity index (χ1n) is 7.47. The normalized spacial score (nSPS) is 20.6. The van der Waals surface area contributed by atoms with E-state index in [4.69, 9.17) is 16.0 Å². The van der Waals surface area contributed by atoms with Gasteiger partial charge in [0.25, 0.3) is 0 Å². The molecule has 1 aromatic heterocycles. The number of aliphatic hydroxyl groups is 1. The Balaban J connectivity index is 1.54. The summed E-state index contributed by atoms with van der Waals surface area (Å²) in [7, 11) is 0. The number of rotatable bonds is 5. The van der Waals surface area contributed by atoms with E-state index in [1.165, 1.54) is 6.26 Å². The summed E-state index contributed by atoms with van der Waals surface area (Å²) in [5, 5.41) is 16.2. The van der Waals surface area contributed by atoms with Crippen LogP contribution < -0.4 is 10.6 Å². The van der Waals surface area contributed by atoms with Crippen molar-refractivity contribution in [3.63, 3.8) is 0 Å². The lowest BCUT2D eigenvalue weighted by atomic mass is 10.1. The van der Waals surface area contributed by atoms with Crippen LogP contribution in [-0.2, 0) is 11.2 Å². The number of β-amino-alcohol motifs (C(OH)–C–C–N with tert-alkyl or cyclic N) is 1. The molecule has 122 valence electrons. The highest BCUT2D eigenvalue weighted by atomic mass is 35.5. The molecular formula is C16H18ClN3O3. The third kappa shape index (κ3) is 4.10. The molecule has 1 amide bonds. The topological polar surface area (TPSA) is 87.4 Å². The maximum Gasteiger partial charge on any atom is 0.226 e. The van der Waals surface area contributed by atoms with Crippen LogP contribution >= 0.6 is 11.6 Å². The van der Waals surface area contributed by atoms with Gasteiger partial charge in [-0.3, -0.25) is 4.79 Å². The second kappa shape index (κ2) is 7.12. The quantitative estimate of drug-likeness (QED) is 0.765. The number of amides is 1. The summed E-state index contributed by atoms with van der Waals surface area (Å²) < 4.78 is 5.40. The Bertz CT molecular complexity index is 671. The number of nitrogens with zero attached hydrogens (tertiary/aromatic N) is 1. The molecule has 0 radical (unpaired) electrons. The summed E-state index contributed by atoms with van der Waals surface area (Å²) in [5.41, 5.74) is 1.37. The Kier molecular flexibility index (Phi) is 4.95. The molecule has 1 saturated heterocycles. The van der Waals surface area contributed by atoms with Gasteiger partial charge in [-0.25, -0.2) is 4.98 Å². The van der Waals surface area contributed by atoms with Crippen molar-refractivity contribution >= 4 is 17.5 Å². The number of carbonyl (C=O) groups excluding carboxylic acids is 1. The van der Waals surface area contributed by atoms with Crippen LogP contribution in [0.5, 0.6) is 0 Å². The van der Waals surface area contributed by atoms with Crippen molar-refractivity contribution in [2.45, 2.75) is 12.5 Å². The molecule has 0 aliphatic carbocycles. The minimum atomic E-state index is -0.404. The van der Waals surface area contributed by atoms with Gasteiger partial charge in [-0.1, -0.05) is 11.6 Å². The largest absolute Gasteiger partial charge is 0.444 e. The molecule has 1 aliphatic heterocycles. The van der Waals surface area contributed by atoms with Crippen LogP contribution in [0, 0.1) is 5.92 Å². The Morgan fingerprint density at radius 1 is 1.39 bits per heavy atom. The molecule has 2 aromatic rings. The zero-order valence-electron chi connectivity index (χ0n) is 12.5. The fourth-order valence-corrected chi connectivity index (χ4v) is 2.64. The Morgan fingerprint density at radius 2 is 2.17 bits per heavy atom. The average Bonchev–Trinajstić information content (AvgIpc) is 3.15. The molecule has 3 rings (SSSR count). The van der Waals surface area contributed by atoms with E-state index in [2.05, 4.69) is 15.6 Å².